The molecule has 72 valence electrons. The Hall–Kier alpha value is -0.340. The van der Waals surface area contributed by atoms with Crippen LogP contribution in [-0.2, 0) is 0 Å². The van der Waals surface area contributed by atoms with Gasteiger partial charge in [0, 0.05) is 6.04 Å². The monoisotopic (exact) mass is 170 g/mol. The summed E-state index contributed by atoms with van der Waals surface area (Å²) in [6.45, 7) is 10.4. The Morgan fingerprint density at radius 1 is 1.42 bits per heavy atom. The summed E-state index contributed by atoms with van der Waals surface area (Å²) >= 11 is 0. The van der Waals surface area contributed by atoms with Crippen molar-refractivity contribution in [3.05, 3.63) is 12.2 Å². The van der Waals surface area contributed by atoms with Crippen molar-refractivity contribution >= 4 is 0 Å². The molecule has 2 nitrogen and oxygen atoms in total. The summed E-state index contributed by atoms with van der Waals surface area (Å²) in [5.41, 5.74) is 4.07. The van der Waals surface area contributed by atoms with Gasteiger partial charge in [0.2, 0.25) is 0 Å². The zero-order valence-corrected chi connectivity index (χ0v) is 8.56. The van der Waals surface area contributed by atoms with Crippen LogP contribution in [-0.4, -0.2) is 6.04 Å². The summed E-state index contributed by atoms with van der Waals surface area (Å²) in [7, 11) is 0. The Morgan fingerprint density at radius 3 is 2.17 bits per heavy atom. The minimum atomic E-state index is 0.400. The normalized spacial score (nSPS) is 13.4. The topological polar surface area (TPSA) is 38.0 Å². The lowest BCUT2D eigenvalue weighted by molar-refractivity contribution is 0.335. The van der Waals surface area contributed by atoms with E-state index >= 15 is 0 Å². The lowest BCUT2D eigenvalue weighted by Crippen LogP contribution is -2.40. The van der Waals surface area contributed by atoms with E-state index in [-0.39, 0.29) is 0 Å². The summed E-state index contributed by atoms with van der Waals surface area (Å²) in [5.74, 6) is 6.15. The average molecular weight is 170 g/mol. The van der Waals surface area contributed by atoms with Gasteiger partial charge in [0.1, 0.15) is 0 Å². The van der Waals surface area contributed by atoms with Crippen molar-refractivity contribution in [1.82, 2.24) is 5.43 Å². The molecule has 0 bridgehead atoms. The molecule has 1 atom stereocenters. The molecule has 0 aliphatic heterocycles. The van der Waals surface area contributed by atoms with Crippen LogP contribution >= 0.6 is 0 Å². The first-order chi connectivity index (χ1) is 5.65. The maximum atomic E-state index is 5.48. The van der Waals surface area contributed by atoms with Crippen molar-refractivity contribution in [2.75, 3.05) is 0 Å². The molecule has 0 saturated heterocycles. The van der Waals surface area contributed by atoms with Gasteiger partial charge in [-0.15, -0.1) is 6.58 Å². The summed E-state index contributed by atoms with van der Waals surface area (Å²) in [4.78, 5) is 0. The molecule has 0 fully saturated rings. The molecular formula is C10H22N2. The van der Waals surface area contributed by atoms with Crippen LogP contribution in [0.25, 0.3) is 0 Å². The van der Waals surface area contributed by atoms with Crippen LogP contribution in [0, 0.1) is 5.92 Å². The van der Waals surface area contributed by atoms with Crippen molar-refractivity contribution in [3.8, 4) is 0 Å². The molecule has 1 unspecified atom stereocenters. The highest BCUT2D eigenvalue weighted by Gasteiger charge is 2.16. The number of hydrogen-bond acceptors (Lipinski definition) is 2. The summed E-state index contributed by atoms with van der Waals surface area (Å²) in [6.07, 6.45) is 3.35. The number of hydrazine groups is 1. The molecule has 0 aliphatic rings. The van der Waals surface area contributed by atoms with E-state index in [1.165, 1.54) is 18.4 Å². The van der Waals surface area contributed by atoms with Crippen LogP contribution in [0.1, 0.15) is 40.0 Å². The maximum absolute atomic E-state index is 5.48. The molecule has 0 amide bonds. The van der Waals surface area contributed by atoms with Crippen molar-refractivity contribution in [3.63, 3.8) is 0 Å². The van der Waals surface area contributed by atoms with Gasteiger partial charge in [-0.2, -0.15) is 0 Å². The first-order valence-electron chi connectivity index (χ1n) is 4.76. The van der Waals surface area contributed by atoms with Gasteiger partial charge in [0.25, 0.3) is 0 Å². The fourth-order valence-electron chi connectivity index (χ4n) is 1.59. The summed E-state index contributed by atoms with van der Waals surface area (Å²) in [6, 6.07) is 0.400. The Bertz CT molecular complexity index is 128. The average Bonchev–Trinajstić information content (AvgIpc) is 2.04. The second kappa shape index (κ2) is 6.21. The number of nitrogens with one attached hydrogen (secondary N) is 1. The first kappa shape index (κ1) is 11.7. The second-order valence-corrected chi connectivity index (χ2v) is 3.51. The summed E-state index contributed by atoms with van der Waals surface area (Å²) < 4.78 is 0. The molecular weight excluding hydrogens is 148 g/mol. The largest absolute Gasteiger partial charge is 0.271 e. The van der Waals surface area contributed by atoms with E-state index in [0.29, 0.717) is 12.0 Å². The van der Waals surface area contributed by atoms with E-state index in [9.17, 15) is 0 Å². The lowest BCUT2D eigenvalue weighted by atomic mass is 9.90. The number of hydrogen-bond donors (Lipinski definition) is 2. The predicted molar refractivity (Wildman–Crippen MR) is 54.6 cm³/mol. The SMILES string of the molecule is C=C(C)CC(NN)C(CC)CC. The molecule has 0 radical (unpaired) electrons. The van der Waals surface area contributed by atoms with E-state index in [2.05, 4.69) is 25.9 Å². The van der Waals surface area contributed by atoms with Crippen LogP contribution < -0.4 is 11.3 Å². The minimum Gasteiger partial charge on any atom is -0.271 e. The maximum Gasteiger partial charge on any atom is 0.0275 e. The van der Waals surface area contributed by atoms with E-state index in [4.69, 9.17) is 5.84 Å². The van der Waals surface area contributed by atoms with Gasteiger partial charge in [0.15, 0.2) is 0 Å². The Balaban J connectivity index is 4.01. The standard InChI is InChI=1S/C10H22N2/c1-5-9(6-2)10(12-11)7-8(3)4/h9-10,12H,3,5-7,11H2,1-2,4H3. The fraction of sp³-hybridized carbons (Fsp3) is 0.800. The van der Waals surface area contributed by atoms with E-state index in [0.717, 1.165) is 6.42 Å². The second-order valence-electron chi connectivity index (χ2n) is 3.51. The predicted octanol–water partition coefficient (Wildman–Crippen LogP) is 2.22. The smallest absolute Gasteiger partial charge is 0.0275 e. The third-order valence-electron chi connectivity index (χ3n) is 2.40. The molecule has 0 aliphatic carbocycles. The van der Waals surface area contributed by atoms with Crippen molar-refractivity contribution < 1.29 is 0 Å². The Morgan fingerprint density at radius 2 is 1.92 bits per heavy atom. The summed E-state index contributed by atoms with van der Waals surface area (Å²) in [5, 5.41) is 0. The van der Waals surface area contributed by atoms with Crippen LogP contribution in [0.5, 0.6) is 0 Å². The number of nitrogens with two attached hydrogens (primary N) is 1. The highest BCUT2D eigenvalue weighted by molar-refractivity contribution is 4.94. The highest BCUT2D eigenvalue weighted by atomic mass is 15.2. The van der Waals surface area contributed by atoms with Crippen LogP contribution in [0.3, 0.4) is 0 Å². The fourth-order valence-corrected chi connectivity index (χ4v) is 1.59. The molecule has 0 aromatic heterocycles. The minimum absolute atomic E-state index is 0.400. The quantitative estimate of drug-likeness (QED) is 0.364. The first-order valence-corrected chi connectivity index (χ1v) is 4.76. The van der Waals surface area contributed by atoms with E-state index in [1.54, 1.807) is 0 Å². The van der Waals surface area contributed by atoms with Gasteiger partial charge in [0.05, 0.1) is 0 Å². The highest BCUT2D eigenvalue weighted by Crippen LogP contribution is 2.17. The van der Waals surface area contributed by atoms with Gasteiger partial charge in [-0.1, -0.05) is 32.3 Å². The molecule has 3 N–H and O–H groups in total. The van der Waals surface area contributed by atoms with Gasteiger partial charge in [-0.25, -0.2) is 0 Å². The van der Waals surface area contributed by atoms with Gasteiger partial charge in [-0.3, -0.25) is 11.3 Å². The third kappa shape index (κ3) is 3.88. The number of rotatable bonds is 6. The molecule has 0 aromatic carbocycles. The van der Waals surface area contributed by atoms with Crippen molar-refractivity contribution in [1.29, 1.82) is 0 Å². The van der Waals surface area contributed by atoms with Crippen molar-refractivity contribution in [2.24, 2.45) is 11.8 Å². The lowest BCUT2D eigenvalue weighted by Gasteiger charge is -2.24. The van der Waals surface area contributed by atoms with Crippen LogP contribution in [0.2, 0.25) is 0 Å². The molecule has 0 aromatic rings. The van der Waals surface area contributed by atoms with E-state index < -0.39 is 0 Å². The zero-order valence-electron chi connectivity index (χ0n) is 8.56. The Labute approximate surface area is 76.2 Å². The van der Waals surface area contributed by atoms with Crippen molar-refractivity contribution in [2.45, 2.75) is 46.1 Å². The molecule has 0 saturated carbocycles. The van der Waals surface area contributed by atoms with Gasteiger partial charge < -0.3 is 0 Å². The van der Waals surface area contributed by atoms with E-state index in [1.807, 2.05) is 6.92 Å². The van der Waals surface area contributed by atoms with Crippen LogP contribution in [0.15, 0.2) is 12.2 Å². The van der Waals surface area contributed by atoms with Crippen LogP contribution in [0.4, 0.5) is 0 Å². The molecule has 0 rings (SSSR count). The third-order valence-corrected chi connectivity index (χ3v) is 2.40. The molecule has 0 spiro atoms. The Kier molecular flexibility index (Phi) is 6.03. The molecule has 12 heavy (non-hydrogen) atoms. The van der Waals surface area contributed by atoms with Gasteiger partial charge in [-0.05, 0) is 19.3 Å². The van der Waals surface area contributed by atoms with Gasteiger partial charge >= 0.3 is 0 Å². The zero-order chi connectivity index (χ0) is 9.56. The molecule has 0 heterocycles. The molecule has 2 heteroatoms.